The zero-order valence-electron chi connectivity index (χ0n) is 17.6. The van der Waals surface area contributed by atoms with Gasteiger partial charge in [0.05, 0.1) is 13.2 Å². The van der Waals surface area contributed by atoms with Crippen LogP contribution in [0.1, 0.15) is 31.2 Å². The number of nitrogens with zero attached hydrogens (tertiary/aromatic N) is 3. The fraction of sp³-hybridized carbons (Fsp3) is 0.583. The van der Waals surface area contributed by atoms with Gasteiger partial charge in [-0.05, 0) is 50.9 Å². The number of hydrogen-bond donors (Lipinski definition) is 0. The van der Waals surface area contributed by atoms with Gasteiger partial charge in [-0.25, -0.2) is 0 Å². The lowest BCUT2D eigenvalue weighted by atomic mass is 9.92. The van der Waals surface area contributed by atoms with Gasteiger partial charge in [0.25, 0.3) is 5.91 Å². The molecule has 3 saturated heterocycles. The van der Waals surface area contributed by atoms with Crippen LogP contribution in [0.4, 0.5) is 0 Å². The molecule has 0 aromatic heterocycles. The molecule has 0 atom stereocenters. The number of amides is 2. The second kappa shape index (κ2) is 10.1. The molecule has 3 fully saturated rings. The SMILES string of the molecule is O=C(C#Cc1ccccc1)N1CCC(N2CCC(C(=O)N3CCOCC3)CC2)CC1. The predicted molar refractivity (Wildman–Crippen MR) is 115 cm³/mol. The lowest BCUT2D eigenvalue weighted by Crippen LogP contribution is -2.51. The highest BCUT2D eigenvalue weighted by molar-refractivity contribution is 5.94. The van der Waals surface area contributed by atoms with E-state index in [1.165, 1.54) is 0 Å². The highest BCUT2D eigenvalue weighted by atomic mass is 16.5. The van der Waals surface area contributed by atoms with Gasteiger partial charge in [0, 0.05) is 49.6 Å². The summed E-state index contributed by atoms with van der Waals surface area (Å²) in [4.78, 5) is 31.5. The van der Waals surface area contributed by atoms with E-state index in [0.717, 1.165) is 70.5 Å². The maximum atomic E-state index is 12.7. The summed E-state index contributed by atoms with van der Waals surface area (Å²) >= 11 is 0. The highest BCUT2D eigenvalue weighted by Gasteiger charge is 2.33. The zero-order chi connectivity index (χ0) is 20.8. The number of morpholine rings is 1. The molecule has 3 aliphatic heterocycles. The Morgan fingerprint density at radius 2 is 1.50 bits per heavy atom. The van der Waals surface area contributed by atoms with Gasteiger partial charge in [-0.3, -0.25) is 9.59 Å². The Morgan fingerprint density at radius 3 is 2.17 bits per heavy atom. The molecule has 0 N–H and O–H groups in total. The topological polar surface area (TPSA) is 53.1 Å². The van der Waals surface area contributed by atoms with Gasteiger partial charge in [0.2, 0.25) is 5.91 Å². The van der Waals surface area contributed by atoms with Crippen LogP contribution in [-0.4, -0.2) is 85.0 Å². The molecule has 6 nitrogen and oxygen atoms in total. The van der Waals surface area contributed by atoms with E-state index in [1.807, 2.05) is 40.1 Å². The molecular weight excluding hydrogens is 378 g/mol. The van der Waals surface area contributed by atoms with E-state index in [2.05, 4.69) is 16.7 Å². The number of benzene rings is 1. The number of rotatable bonds is 2. The lowest BCUT2D eigenvalue weighted by Gasteiger charge is -2.42. The standard InChI is InChI=1S/C24H31N3O3/c28-23(7-6-20-4-2-1-3-5-20)26-14-10-22(11-15-26)25-12-8-21(9-13-25)24(29)27-16-18-30-19-17-27/h1-5,21-22H,8-19H2. The smallest absolute Gasteiger partial charge is 0.298 e. The van der Waals surface area contributed by atoms with Crippen LogP contribution in [0.2, 0.25) is 0 Å². The van der Waals surface area contributed by atoms with Crippen molar-refractivity contribution in [2.45, 2.75) is 31.7 Å². The van der Waals surface area contributed by atoms with E-state index in [9.17, 15) is 9.59 Å². The molecule has 1 aromatic carbocycles. The van der Waals surface area contributed by atoms with E-state index in [0.29, 0.717) is 25.2 Å². The van der Waals surface area contributed by atoms with Gasteiger partial charge in [-0.1, -0.05) is 24.1 Å². The molecule has 0 bridgehead atoms. The first kappa shape index (κ1) is 20.9. The summed E-state index contributed by atoms with van der Waals surface area (Å²) in [7, 11) is 0. The number of hydrogen-bond acceptors (Lipinski definition) is 4. The molecule has 4 rings (SSSR count). The van der Waals surface area contributed by atoms with Crippen LogP contribution in [0.15, 0.2) is 30.3 Å². The molecule has 2 amide bonds. The van der Waals surface area contributed by atoms with E-state index in [1.54, 1.807) is 0 Å². The molecule has 30 heavy (non-hydrogen) atoms. The average molecular weight is 410 g/mol. The van der Waals surface area contributed by atoms with Crippen LogP contribution in [0.3, 0.4) is 0 Å². The molecular formula is C24H31N3O3. The Hall–Kier alpha value is -2.36. The second-order valence-corrected chi connectivity index (χ2v) is 8.39. The summed E-state index contributed by atoms with van der Waals surface area (Å²) in [5.74, 6) is 6.15. The third kappa shape index (κ3) is 5.21. The minimum atomic E-state index is -0.0767. The predicted octanol–water partition coefficient (Wildman–Crippen LogP) is 1.60. The van der Waals surface area contributed by atoms with Crippen LogP contribution in [0.5, 0.6) is 0 Å². The Balaban J connectivity index is 1.21. The maximum absolute atomic E-state index is 12.7. The number of piperidine rings is 2. The summed E-state index contributed by atoms with van der Waals surface area (Å²) in [6.45, 7) is 6.28. The molecule has 1 aromatic rings. The number of carbonyl (C=O) groups excluding carboxylic acids is 2. The summed E-state index contributed by atoms with van der Waals surface area (Å²) in [6, 6.07) is 10.1. The normalized spacial score (nSPS) is 21.7. The fourth-order valence-corrected chi connectivity index (χ4v) is 4.71. The van der Waals surface area contributed by atoms with Crippen LogP contribution in [0.25, 0.3) is 0 Å². The molecule has 160 valence electrons. The fourth-order valence-electron chi connectivity index (χ4n) is 4.71. The monoisotopic (exact) mass is 409 g/mol. The van der Waals surface area contributed by atoms with Crippen molar-refractivity contribution in [1.29, 1.82) is 0 Å². The van der Waals surface area contributed by atoms with Gasteiger partial charge in [0.1, 0.15) is 0 Å². The van der Waals surface area contributed by atoms with Crippen molar-refractivity contribution in [1.82, 2.24) is 14.7 Å². The summed E-state index contributed by atoms with van der Waals surface area (Å²) in [6.07, 6.45) is 3.86. The molecule has 0 radical (unpaired) electrons. The highest BCUT2D eigenvalue weighted by Crippen LogP contribution is 2.25. The maximum Gasteiger partial charge on any atom is 0.298 e. The van der Waals surface area contributed by atoms with E-state index in [-0.39, 0.29) is 11.8 Å². The van der Waals surface area contributed by atoms with Gasteiger partial charge < -0.3 is 19.4 Å². The first-order valence-electron chi connectivity index (χ1n) is 11.2. The summed E-state index contributed by atoms with van der Waals surface area (Å²) in [5, 5.41) is 0. The van der Waals surface area contributed by atoms with Crippen LogP contribution < -0.4 is 0 Å². The summed E-state index contributed by atoms with van der Waals surface area (Å²) in [5.41, 5.74) is 0.871. The van der Waals surface area contributed by atoms with Crippen molar-refractivity contribution < 1.29 is 14.3 Å². The van der Waals surface area contributed by atoms with Crippen molar-refractivity contribution in [3.05, 3.63) is 35.9 Å². The average Bonchev–Trinajstić information content (AvgIpc) is 2.83. The first-order chi connectivity index (χ1) is 14.7. The van der Waals surface area contributed by atoms with Gasteiger partial charge in [-0.15, -0.1) is 0 Å². The Bertz CT molecular complexity index is 779. The minimum absolute atomic E-state index is 0.0767. The van der Waals surface area contributed by atoms with E-state index >= 15 is 0 Å². The molecule has 0 unspecified atom stereocenters. The second-order valence-electron chi connectivity index (χ2n) is 8.39. The van der Waals surface area contributed by atoms with Crippen molar-refractivity contribution in [2.24, 2.45) is 5.92 Å². The molecule has 3 aliphatic rings. The van der Waals surface area contributed by atoms with E-state index < -0.39 is 0 Å². The first-order valence-corrected chi connectivity index (χ1v) is 11.2. The van der Waals surface area contributed by atoms with Crippen LogP contribution >= 0.6 is 0 Å². The Labute approximate surface area is 179 Å². The number of carbonyl (C=O) groups is 2. The molecule has 0 spiro atoms. The summed E-state index contributed by atoms with van der Waals surface area (Å²) < 4.78 is 5.36. The van der Waals surface area contributed by atoms with Gasteiger partial charge in [0.15, 0.2) is 0 Å². The third-order valence-corrected chi connectivity index (χ3v) is 6.56. The third-order valence-electron chi connectivity index (χ3n) is 6.56. The Morgan fingerprint density at radius 1 is 0.833 bits per heavy atom. The number of likely N-dealkylation sites (tertiary alicyclic amines) is 2. The van der Waals surface area contributed by atoms with Crippen LogP contribution in [-0.2, 0) is 14.3 Å². The largest absolute Gasteiger partial charge is 0.378 e. The quantitative estimate of drug-likeness (QED) is 0.697. The Kier molecular flexibility index (Phi) is 7.03. The molecule has 3 heterocycles. The van der Waals surface area contributed by atoms with Crippen molar-refractivity contribution >= 4 is 11.8 Å². The van der Waals surface area contributed by atoms with E-state index in [4.69, 9.17) is 4.74 Å². The molecule has 6 heteroatoms. The van der Waals surface area contributed by atoms with Gasteiger partial charge >= 0.3 is 0 Å². The zero-order valence-corrected chi connectivity index (χ0v) is 17.6. The number of ether oxygens (including phenoxy) is 1. The van der Waals surface area contributed by atoms with Gasteiger partial charge in [-0.2, -0.15) is 0 Å². The van der Waals surface area contributed by atoms with Crippen molar-refractivity contribution in [3.8, 4) is 11.8 Å². The van der Waals surface area contributed by atoms with Crippen molar-refractivity contribution in [3.63, 3.8) is 0 Å². The molecule has 0 saturated carbocycles. The minimum Gasteiger partial charge on any atom is -0.378 e. The van der Waals surface area contributed by atoms with Crippen LogP contribution in [0, 0.1) is 17.8 Å². The molecule has 0 aliphatic carbocycles. The van der Waals surface area contributed by atoms with Crippen molar-refractivity contribution in [2.75, 3.05) is 52.5 Å². The lowest BCUT2D eigenvalue weighted by molar-refractivity contribution is -0.141.